The maximum Gasteiger partial charge on any atom is 0.158 e. The molecular formula is C13H18N4. The molecule has 1 fully saturated rings. The first-order chi connectivity index (χ1) is 8.27. The van der Waals surface area contributed by atoms with Crippen molar-refractivity contribution in [3.63, 3.8) is 0 Å². The summed E-state index contributed by atoms with van der Waals surface area (Å²) >= 11 is 0. The Morgan fingerprint density at radius 1 is 1.24 bits per heavy atom. The predicted octanol–water partition coefficient (Wildman–Crippen LogP) is 1.29. The van der Waals surface area contributed by atoms with Crippen molar-refractivity contribution in [1.29, 1.82) is 0 Å². The van der Waals surface area contributed by atoms with Crippen molar-refractivity contribution in [2.45, 2.75) is 6.92 Å². The Kier molecular flexibility index (Phi) is 2.52. The van der Waals surface area contributed by atoms with Crippen molar-refractivity contribution < 1.29 is 0 Å². The topological polar surface area (TPSA) is 33.1 Å². The summed E-state index contributed by atoms with van der Waals surface area (Å²) in [5, 5.41) is 9.34. The number of rotatable bonds is 1. The Morgan fingerprint density at radius 2 is 2.00 bits per heavy atom. The lowest BCUT2D eigenvalue weighted by Gasteiger charge is -2.27. The smallest absolute Gasteiger partial charge is 0.158 e. The molecule has 1 N–H and O–H groups in total. The molecular weight excluding hydrogens is 212 g/mol. The lowest BCUT2D eigenvalue weighted by Crippen LogP contribution is -2.43. The van der Waals surface area contributed by atoms with Crippen LogP contribution in [0.15, 0.2) is 18.2 Å². The molecule has 2 heterocycles. The van der Waals surface area contributed by atoms with Gasteiger partial charge in [0.1, 0.15) is 0 Å². The molecule has 1 aliphatic rings. The van der Waals surface area contributed by atoms with Gasteiger partial charge in [-0.25, -0.2) is 0 Å². The van der Waals surface area contributed by atoms with Crippen molar-refractivity contribution in [3.8, 4) is 0 Å². The maximum atomic E-state index is 4.69. The summed E-state index contributed by atoms with van der Waals surface area (Å²) in [6, 6.07) is 6.43. The first-order valence-electron chi connectivity index (χ1n) is 6.15. The zero-order valence-corrected chi connectivity index (χ0v) is 10.4. The second-order valence-corrected chi connectivity index (χ2v) is 4.66. The van der Waals surface area contributed by atoms with E-state index in [1.165, 1.54) is 16.5 Å². The van der Waals surface area contributed by atoms with E-state index >= 15 is 0 Å². The van der Waals surface area contributed by atoms with Gasteiger partial charge in [-0.15, -0.1) is 0 Å². The first kappa shape index (κ1) is 10.6. The minimum absolute atomic E-state index is 1.04. The number of hydrogen-bond donors (Lipinski definition) is 1. The lowest BCUT2D eigenvalue weighted by molar-refractivity contribution is 0.582. The molecule has 1 aromatic carbocycles. The van der Waals surface area contributed by atoms with Gasteiger partial charge in [0, 0.05) is 38.6 Å². The third-order valence-corrected chi connectivity index (χ3v) is 3.46. The quantitative estimate of drug-likeness (QED) is 0.801. The molecule has 0 aliphatic carbocycles. The zero-order valence-electron chi connectivity index (χ0n) is 10.4. The van der Waals surface area contributed by atoms with Gasteiger partial charge in [0.05, 0.1) is 5.52 Å². The van der Waals surface area contributed by atoms with Crippen molar-refractivity contribution in [3.05, 3.63) is 23.8 Å². The number of anilines is 1. The van der Waals surface area contributed by atoms with Gasteiger partial charge in [-0.2, -0.15) is 5.10 Å². The largest absolute Gasteiger partial charge is 0.352 e. The third kappa shape index (κ3) is 1.69. The van der Waals surface area contributed by atoms with Gasteiger partial charge in [0.25, 0.3) is 0 Å². The number of aromatic nitrogens is 2. The Hall–Kier alpha value is -1.55. The van der Waals surface area contributed by atoms with Crippen LogP contribution in [0, 0.1) is 6.92 Å². The van der Waals surface area contributed by atoms with Crippen LogP contribution in [-0.2, 0) is 7.05 Å². The highest BCUT2D eigenvalue weighted by atomic mass is 15.4. The average Bonchev–Trinajstić information content (AvgIpc) is 2.69. The highest BCUT2D eigenvalue weighted by molar-refractivity contribution is 5.92. The van der Waals surface area contributed by atoms with Gasteiger partial charge in [0.2, 0.25) is 0 Å². The molecule has 3 rings (SSSR count). The molecule has 4 nitrogen and oxygen atoms in total. The van der Waals surface area contributed by atoms with E-state index in [-0.39, 0.29) is 0 Å². The van der Waals surface area contributed by atoms with E-state index in [9.17, 15) is 0 Å². The van der Waals surface area contributed by atoms with Crippen molar-refractivity contribution in [2.75, 3.05) is 31.1 Å². The normalized spacial score (nSPS) is 16.7. The summed E-state index contributed by atoms with van der Waals surface area (Å²) in [6.45, 7) is 6.32. The third-order valence-electron chi connectivity index (χ3n) is 3.46. The van der Waals surface area contributed by atoms with E-state index in [0.717, 1.165) is 32.0 Å². The fourth-order valence-corrected chi connectivity index (χ4v) is 2.63. The number of hydrogen-bond acceptors (Lipinski definition) is 3. The van der Waals surface area contributed by atoms with Gasteiger partial charge in [-0.3, -0.25) is 4.68 Å². The van der Waals surface area contributed by atoms with E-state index in [1.807, 2.05) is 11.7 Å². The molecule has 1 aliphatic heterocycles. The van der Waals surface area contributed by atoms with Gasteiger partial charge in [0.15, 0.2) is 5.82 Å². The SMILES string of the molecule is Cc1cccc2c(N3CCNCC3)nn(C)c12. The molecule has 90 valence electrons. The van der Waals surface area contributed by atoms with Crippen LogP contribution in [-0.4, -0.2) is 36.0 Å². The van der Waals surface area contributed by atoms with Gasteiger partial charge in [-0.05, 0) is 18.6 Å². The molecule has 2 aromatic rings. The summed E-state index contributed by atoms with van der Waals surface area (Å²) in [5.41, 5.74) is 2.54. The fraction of sp³-hybridized carbons (Fsp3) is 0.462. The van der Waals surface area contributed by atoms with Crippen LogP contribution >= 0.6 is 0 Å². The molecule has 4 heteroatoms. The summed E-state index contributed by atoms with van der Waals surface area (Å²) in [6.07, 6.45) is 0. The number of nitrogens with one attached hydrogen (secondary N) is 1. The number of fused-ring (bicyclic) bond motifs is 1. The van der Waals surface area contributed by atoms with Crippen LogP contribution in [0.1, 0.15) is 5.56 Å². The molecule has 1 saturated heterocycles. The van der Waals surface area contributed by atoms with Crippen LogP contribution in [0.25, 0.3) is 10.9 Å². The number of benzene rings is 1. The lowest BCUT2D eigenvalue weighted by atomic mass is 10.1. The number of para-hydroxylation sites is 1. The minimum atomic E-state index is 1.04. The zero-order chi connectivity index (χ0) is 11.8. The van der Waals surface area contributed by atoms with E-state index in [2.05, 4.69) is 40.4 Å². The van der Waals surface area contributed by atoms with Crippen LogP contribution in [0.5, 0.6) is 0 Å². The molecule has 0 unspecified atom stereocenters. The van der Waals surface area contributed by atoms with Crippen molar-refractivity contribution in [2.24, 2.45) is 7.05 Å². The number of aryl methyl sites for hydroxylation is 2. The first-order valence-corrected chi connectivity index (χ1v) is 6.15. The molecule has 1 aromatic heterocycles. The Bertz CT molecular complexity index is 538. The average molecular weight is 230 g/mol. The van der Waals surface area contributed by atoms with Gasteiger partial charge >= 0.3 is 0 Å². The Labute approximate surface area is 101 Å². The summed E-state index contributed by atoms with van der Waals surface area (Å²) in [4.78, 5) is 2.37. The van der Waals surface area contributed by atoms with E-state index in [4.69, 9.17) is 0 Å². The monoisotopic (exact) mass is 230 g/mol. The van der Waals surface area contributed by atoms with Gasteiger partial charge < -0.3 is 10.2 Å². The minimum Gasteiger partial charge on any atom is -0.352 e. The number of piperazine rings is 1. The standard InChI is InChI=1S/C13H18N4/c1-10-4-3-5-11-12(10)16(2)15-13(11)17-8-6-14-7-9-17/h3-5,14H,6-9H2,1-2H3. The van der Waals surface area contributed by atoms with Crippen LogP contribution in [0.2, 0.25) is 0 Å². The fourth-order valence-electron chi connectivity index (χ4n) is 2.63. The molecule has 0 radical (unpaired) electrons. The Balaban J connectivity index is 2.13. The summed E-state index contributed by atoms with van der Waals surface area (Å²) in [5.74, 6) is 1.13. The molecule has 17 heavy (non-hydrogen) atoms. The molecule has 0 atom stereocenters. The van der Waals surface area contributed by atoms with E-state index in [0.29, 0.717) is 0 Å². The highest BCUT2D eigenvalue weighted by Gasteiger charge is 2.17. The van der Waals surface area contributed by atoms with E-state index < -0.39 is 0 Å². The second-order valence-electron chi connectivity index (χ2n) is 4.66. The van der Waals surface area contributed by atoms with Crippen molar-refractivity contribution in [1.82, 2.24) is 15.1 Å². The maximum absolute atomic E-state index is 4.69. The number of nitrogens with zero attached hydrogens (tertiary/aromatic N) is 3. The van der Waals surface area contributed by atoms with E-state index in [1.54, 1.807) is 0 Å². The summed E-state index contributed by atoms with van der Waals surface area (Å²) in [7, 11) is 2.03. The molecule has 0 spiro atoms. The Morgan fingerprint density at radius 3 is 2.76 bits per heavy atom. The molecule has 0 saturated carbocycles. The van der Waals surface area contributed by atoms with Crippen molar-refractivity contribution >= 4 is 16.7 Å². The van der Waals surface area contributed by atoms with Crippen LogP contribution in [0.3, 0.4) is 0 Å². The predicted molar refractivity (Wildman–Crippen MR) is 70.5 cm³/mol. The van der Waals surface area contributed by atoms with Gasteiger partial charge in [-0.1, -0.05) is 12.1 Å². The second kappa shape index (κ2) is 4.04. The molecule has 0 bridgehead atoms. The molecule has 0 amide bonds. The highest BCUT2D eigenvalue weighted by Crippen LogP contribution is 2.27. The summed E-state index contributed by atoms with van der Waals surface area (Å²) < 4.78 is 2.00. The van der Waals surface area contributed by atoms with Crippen LogP contribution in [0.4, 0.5) is 5.82 Å². The van der Waals surface area contributed by atoms with Crippen LogP contribution < -0.4 is 10.2 Å².